The molecule has 1 aromatic rings. The van der Waals surface area contributed by atoms with Crippen molar-refractivity contribution in [2.45, 2.75) is 20.0 Å². The Morgan fingerprint density at radius 2 is 2.20 bits per heavy atom. The molecule has 6 heteroatoms. The van der Waals surface area contributed by atoms with Crippen molar-refractivity contribution in [3.63, 3.8) is 0 Å². The average molecular weight is 206 g/mol. The Balaban J connectivity index is 2.07. The molecule has 0 radical (unpaired) electrons. The second kappa shape index (κ2) is 3.64. The number of aliphatic imine (C=N–C) groups is 2. The minimum atomic E-state index is -0.148. The molecule has 1 aliphatic heterocycles. The highest BCUT2D eigenvalue weighted by molar-refractivity contribution is 6.05. The molecule has 15 heavy (non-hydrogen) atoms. The van der Waals surface area contributed by atoms with Crippen LogP contribution in [0.2, 0.25) is 0 Å². The average Bonchev–Trinajstić information content (AvgIpc) is 2.49. The van der Waals surface area contributed by atoms with Gasteiger partial charge in [-0.1, -0.05) is 0 Å². The minimum absolute atomic E-state index is 0.148. The molecule has 80 valence electrons. The molecule has 1 aromatic heterocycles. The van der Waals surface area contributed by atoms with Gasteiger partial charge in [0, 0.05) is 5.69 Å². The summed E-state index contributed by atoms with van der Waals surface area (Å²) in [4.78, 5) is 11.4. The van der Waals surface area contributed by atoms with Crippen LogP contribution in [0, 0.1) is 6.92 Å². The third kappa shape index (κ3) is 2.28. The molecule has 1 aliphatic rings. The van der Waals surface area contributed by atoms with Gasteiger partial charge in [0.15, 0.2) is 5.96 Å². The number of hydrogen-bond acceptors (Lipinski definition) is 5. The summed E-state index contributed by atoms with van der Waals surface area (Å²) in [5.74, 6) is 1.86. The van der Waals surface area contributed by atoms with Gasteiger partial charge < -0.3 is 16.0 Å². The van der Waals surface area contributed by atoms with Gasteiger partial charge in [0.1, 0.15) is 12.0 Å². The number of hydrogen-bond donors (Lipinski definition) is 4. The summed E-state index contributed by atoms with van der Waals surface area (Å²) >= 11 is 0. The third-order valence-corrected chi connectivity index (χ3v) is 1.97. The van der Waals surface area contributed by atoms with Gasteiger partial charge in [0.25, 0.3) is 0 Å². The van der Waals surface area contributed by atoms with Crippen LogP contribution in [0.5, 0.6) is 0 Å². The third-order valence-electron chi connectivity index (χ3n) is 1.97. The molecule has 0 aliphatic carbocycles. The van der Waals surface area contributed by atoms with Crippen LogP contribution in [-0.2, 0) is 0 Å². The summed E-state index contributed by atoms with van der Waals surface area (Å²) in [6.07, 6.45) is -0.148. The highest BCUT2D eigenvalue weighted by atomic mass is 15.3. The summed E-state index contributed by atoms with van der Waals surface area (Å²) < 4.78 is 0. The predicted octanol–water partition coefficient (Wildman–Crippen LogP) is 0.355. The molecule has 1 atom stereocenters. The van der Waals surface area contributed by atoms with Crippen LogP contribution in [0.3, 0.4) is 0 Å². The summed E-state index contributed by atoms with van der Waals surface area (Å²) in [6, 6.07) is 3.92. The number of aromatic nitrogens is 1. The molecule has 2 heterocycles. The Hall–Kier alpha value is -1.98. The van der Waals surface area contributed by atoms with Crippen LogP contribution >= 0.6 is 0 Å². The lowest BCUT2D eigenvalue weighted by Crippen LogP contribution is -2.44. The van der Waals surface area contributed by atoms with Crippen molar-refractivity contribution in [3.05, 3.63) is 17.8 Å². The molecule has 0 bridgehead atoms. The van der Waals surface area contributed by atoms with Gasteiger partial charge in [-0.05, 0) is 26.0 Å². The van der Waals surface area contributed by atoms with Crippen molar-refractivity contribution in [1.29, 1.82) is 0 Å². The van der Waals surface area contributed by atoms with E-state index in [1.54, 1.807) is 0 Å². The summed E-state index contributed by atoms with van der Waals surface area (Å²) in [5, 5.41) is 5.94. The van der Waals surface area contributed by atoms with E-state index in [0.29, 0.717) is 11.9 Å². The van der Waals surface area contributed by atoms with Crippen molar-refractivity contribution >= 4 is 17.7 Å². The van der Waals surface area contributed by atoms with Crippen molar-refractivity contribution in [3.8, 4) is 0 Å². The largest absolute Gasteiger partial charge is 0.370 e. The van der Waals surface area contributed by atoms with Gasteiger partial charge in [-0.3, -0.25) is 5.32 Å². The molecular weight excluding hydrogens is 192 g/mol. The summed E-state index contributed by atoms with van der Waals surface area (Å²) in [5.41, 5.74) is 6.67. The van der Waals surface area contributed by atoms with E-state index in [1.807, 2.05) is 26.0 Å². The lowest BCUT2D eigenvalue weighted by Gasteiger charge is -2.16. The minimum Gasteiger partial charge on any atom is -0.370 e. The molecule has 0 aromatic carbocycles. The van der Waals surface area contributed by atoms with Crippen molar-refractivity contribution in [1.82, 2.24) is 10.3 Å². The van der Waals surface area contributed by atoms with Crippen LogP contribution in [0.4, 0.5) is 5.82 Å². The number of H-pyrrole nitrogens is 1. The van der Waals surface area contributed by atoms with Gasteiger partial charge in [-0.25, -0.2) is 9.98 Å². The fourth-order valence-electron chi connectivity index (χ4n) is 1.37. The number of nitrogens with two attached hydrogens (primary N) is 1. The van der Waals surface area contributed by atoms with Crippen LogP contribution in [-0.4, -0.2) is 23.1 Å². The van der Waals surface area contributed by atoms with Gasteiger partial charge in [-0.15, -0.1) is 0 Å². The zero-order valence-electron chi connectivity index (χ0n) is 8.70. The maximum Gasteiger partial charge on any atom is 0.205 e. The Kier molecular flexibility index (Phi) is 2.32. The van der Waals surface area contributed by atoms with Gasteiger partial charge in [0.05, 0.1) is 0 Å². The van der Waals surface area contributed by atoms with Crippen LogP contribution in [0.25, 0.3) is 0 Å². The van der Waals surface area contributed by atoms with Gasteiger partial charge in [0.2, 0.25) is 5.96 Å². The molecule has 0 spiro atoms. The van der Waals surface area contributed by atoms with E-state index in [9.17, 15) is 0 Å². The summed E-state index contributed by atoms with van der Waals surface area (Å²) in [6.45, 7) is 3.86. The number of anilines is 1. The number of aromatic amines is 1. The second-order valence-corrected chi connectivity index (χ2v) is 3.43. The van der Waals surface area contributed by atoms with E-state index in [4.69, 9.17) is 5.73 Å². The first-order chi connectivity index (χ1) is 7.13. The number of guanidine groups is 2. The number of nitrogens with zero attached hydrogens (tertiary/aromatic N) is 2. The number of aryl methyl sites for hydroxylation is 1. The smallest absolute Gasteiger partial charge is 0.205 e. The quantitative estimate of drug-likeness (QED) is 0.534. The first-order valence-electron chi connectivity index (χ1n) is 4.74. The van der Waals surface area contributed by atoms with E-state index in [2.05, 4.69) is 25.6 Å². The van der Waals surface area contributed by atoms with Crippen LogP contribution < -0.4 is 16.4 Å². The molecule has 0 saturated heterocycles. The van der Waals surface area contributed by atoms with Crippen LogP contribution in [0.1, 0.15) is 12.6 Å². The Bertz CT molecular complexity index is 416. The van der Waals surface area contributed by atoms with Crippen LogP contribution in [0.15, 0.2) is 22.1 Å². The molecule has 2 rings (SSSR count). The monoisotopic (exact) mass is 206 g/mol. The Labute approximate surface area is 87.7 Å². The molecule has 5 N–H and O–H groups in total. The highest BCUT2D eigenvalue weighted by Gasteiger charge is 2.10. The first-order valence-corrected chi connectivity index (χ1v) is 4.74. The zero-order valence-corrected chi connectivity index (χ0v) is 8.70. The highest BCUT2D eigenvalue weighted by Crippen LogP contribution is 2.06. The van der Waals surface area contributed by atoms with E-state index >= 15 is 0 Å². The Morgan fingerprint density at radius 1 is 1.40 bits per heavy atom. The zero-order chi connectivity index (χ0) is 10.8. The summed E-state index contributed by atoms with van der Waals surface area (Å²) in [7, 11) is 0. The van der Waals surface area contributed by atoms with Crippen molar-refractivity contribution in [2.24, 2.45) is 15.7 Å². The van der Waals surface area contributed by atoms with E-state index in [1.165, 1.54) is 0 Å². The normalized spacial score (nSPS) is 20.3. The fourth-order valence-corrected chi connectivity index (χ4v) is 1.37. The van der Waals surface area contributed by atoms with E-state index < -0.39 is 0 Å². The number of rotatable bonds is 1. The SMILES string of the molecule is Cc1ccc(NC2=NC(C)N=C(N)N2)[nH]1. The predicted molar refractivity (Wildman–Crippen MR) is 60.8 cm³/mol. The first kappa shape index (κ1) is 9.57. The molecular formula is C9H14N6. The van der Waals surface area contributed by atoms with E-state index in [0.717, 1.165) is 11.5 Å². The molecule has 6 nitrogen and oxygen atoms in total. The standard InChI is InChI=1S/C9H14N6/c1-5-3-4-7(11-5)14-9-13-6(2)12-8(10)15-9/h3-4,6,11H,1-2H3,(H4,10,12,13,14,15). The topological polar surface area (TPSA) is 90.6 Å². The lowest BCUT2D eigenvalue weighted by molar-refractivity contribution is 0.766. The van der Waals surface area contributed by atoms with Gasteiger partial charge in [-0.2, -0.15) is 0 Å². The molecule has 0 amide bonds. The second-order valence-electron chi connectivity index (χ2n) is 3.43. The van der Waals surface area contributed by atoms with Gasteiger partial charge >= 0.3 is 0 Å². The molecule has 0 saturated carbocycles. The Morgan fingerprint density at radius 3 is 2.80 bits per heavy atom. The van der Waals surface area contributed by atoms with Crippen molar-refractivity contribution in [2.75, 3.05) is 5.32 Å². The fraction of sp³-hybridized carbons (Fsp3) is 0.333. The number of nitrogens with one attached hydrogen (secondary N) is 3. The maximum absolute atomic E-state index is 5.58. The van der Waals surface area contributed by atoms with Crippen molar-refractivity contribution < 1.29 is 0 Å². The van der Waals surface area contributed by atoms with E-state index in [-0.39, 0.29) is 6.17 Å². The molecule has 1 unspecified atom stereocenters. The maximum atomic E-state index is 5.58. The lowest BCUT2D eigenvalue weighted by atomic mass is 10.5. The molecule has 0 fully saturated rings.